The summed E-state index contributed by atoms with van der Waals surface area (Å²) in [5, 5.41) is 2.61. The third-order valence-corrected chi connectivity index (χ3v) is 2.29. The molecule has 0 saturated carbocycles. The van der Waals surface area contributed by atoms with Crippen LogP contribution in [0.4, 0.5) is 14.5 Å². The van der Waals surface area contributed by atoms with E-state index in [0.717, 1.165) is 0 Å². The van der Waals surface area contributed by atoms with E-state index in [0.29, 0.717) is 5.69 Å². The predicted octanol–water partition coefficient (Wildman–Crippen LogP) is 2.63. The van der Waals surface area contributed by atoms with E-state index in [1.54, 1.807) is 0 Å². The molecule has 1 aromatic rings. The third kappa shape index (κ3) is 4.18. The summed E-state index contributed by atoms with van der Waals surface area (Å²) in [6.07, 6.45) is 0. The van der Waals surface area contributed by atoms with E-state index in [4.69, 9.17) is 4.74 Å². The fourth-order valence-electron chi connectivity index (χ4n) is 1.14. The van der Waals surface area contributed by atoms with Crippen LogP contribution in [0.15, 0.2) is 18.2 Å². The number of benzene rings is 1. The van der Waals surface area contributed by atoms with Crippen LogP contribution in [0.25, 0.3) is 0 Å². The van der Waals surface area contributed by atoms with Crippen molar-refractivity contribution >= 4 is 27.5 Å². The van der Waals surface area contributed by atoms with Gasteiger partial charge < -0.3 is 14.8 Å². The highest BCUT2D eigenvalue weighted by Gasteiger charge is 2.12. The number of amides is 1. The third-order valence-electron chi connectivity index (χ3n) is 1.78. The number of methoxy groups -OCH3 is 1. The Hall–Kier alpha value is -1.37. The number of carbonyl (C=O) groups is 1. The zero-order valence-electron chi connectivity index (χ0n) is 8.88. The van der Waals surface area contributed by atoms with Gasteiger partial charge in [-0.3, -0.25) is 4.79 Å². The van der Waals surface area contributed by atoms with Gasteiger partial charge in [-0.1, -0.05) is 15.9 Å². The normalized spacial score (nSPS) is 10.2. The molecular weight excluding hydrogens is 300 g/mol. The second-order valence-corrected chi connectivity index (χ2v) is 3.49. The van der Waals surface area contributed by atoms with E-state index in [2.05, 4.69) is 26.0 Å². The van der Waals surface area contributed by atoms with Crippen molar-refractivity contribution in [2.45, 2.75) is 6.61 Å². The van der Waals surface area contributed by atoms with E-state index in [9.17, 15) is 13.6 Å². The zero-order chi connectivity index (χ0) is 12.8. The van der Waals surface area contributed by atoms with Crippen molar-refractivity contribution in [1.82, 2.24) is 0 Å². The Morgan fingerprint density at radius 1 is 1.47 bits per heavy atom. The summed E-state index contributed by atoms with van der Waals surface area (Å²) in [7, 11) is 1.34. The minimum absolute atomic E-state index is 0.115. The van der Waals surface area contributed by atoms with E-state index < -0.39 is 6.61 Å². The predicted molar refractivity (Wildman–Crippen MR) is 62.0 cm³/mol. The van der Waals surface area contributed by atoms with Gasteiger partial charge in [-0.2, -0.15) is 8.78 Å². The lowest BCUT2D eigenvalue weighted by Gasteiger charge is -2.11. The molecule has 0 unspecified atom stereocenters. The van der Waals surface area contributed by atoms with Gasteiger partial charge in [0.1, 0.15) is 0 Å². The van der Waals surface area contributed by atoms with Crippen LogP contribution in [-0.4, -0.2) is 25.0 Å². The molecule has 7 heteroatoms. The van der Waals surface area contributed by atoms with Gasteiger partial charge in [0.15, 0.2) is 11.5 Å². The standard InChI is InChI=1S/C10H10BrF2NO3/c1-16-7-3-2-6(14-9(15)5-11)4-8(7)17-10(12)13/h2-4,10H,5H2,1H3,(H,14,15). The van der Waals surface area contributed by atoms with Crippen LogP contribution in [0.3, 0.4) is 0 Å². The monoisotopic (exact) mass is 309 g/mol. The first-order chi connectivity index (χ1) is 8.06. The number of ether oxygens (including phenoxy) is 2. The van der Waals surface area contributed by atoms with Gasteiger partial charge in [0, 0.05) is 11.8 Å². The maximum absolute atomic E-state index is 12.1. The Bertz CT molecular complexity index is 401. The van der Waals surface area contributed by atoms with Crippen molar-refractivity contribution in [2.24, 2.45) is 0 Å². The molecule has 0 fully saturated rings. The molecule has 94 valence electrons. The van der Waals surface area contributed by atoms with E-state index in [1.165, 1.54) is 25.3 Å². The first-order valence-corrected chi connectivity index (χ1v) is 5.67. The number of rotatable bonds is 5. The summed E-state index contributed by atoms with van der Waals surface area (Å²) in [4.78, 5) is 11.1. The minimum Gasteiger partial charge on any atom is -0.493 e. The van der Waals surface area contributed by atoms with Crippen molar-refractivity contribution < 1.29 is 23.0 Å². The maximum atomic E-state index is 12.1. The molecule has 4 nitrogen and oxygen atoms in total. The van der Waals surface area contributed by atoms with Crippen molar-refractivity contribution in [1.29, 1.82) is 0 Å². The molecule has 1 N–H and O–H groups in total. The molecule has 17 heavy (non-hydrogen) atoms. The summed E-state index contributed by atoms with van der Waals surface area (Å²) in [5.74, 6) is -0.254. The average molecular weight is 310 g/mol. The fraction of sp³-hybridized carbons (Fsp3) is 0.300. The summed E-state index contributed by atoms with van der Waals surface area (Å²) < 4.78 is 33.4. The molecule has 0 radical (unpaired) electrons. The molecule has 0 aliphatic carbocycles. The van der Waals surface area contributed by atoms with Gasteiger partial charge in [0.2, 0.25) is 5.91 Å². The lowest BCUT2D eigenvalue weighted by molar-refractivity contribution is -0.113. The summed E-state index contributed by atoms with van der Waals surface area (Å²) in [6, 6.07) is 4.23. The number of hydrogen-bond donors (Lipinski definition) is 1. The number of halogens is 3. The second kappa shape index (κ2) is 6.39. The number of anilines is 1. The Labute approximate surface area is 105 Å². The molecule has 0 bridgehead atoms. The van der Waals surface area contributed by atoms with Crippen LogP contribution in [0, 0.1) is 0 Å². The smallest absolute Gasteiger partial charge is 0.387 e. The van der Waals surface area contributed by atoms with Crippen LogP contribution in [0.2, 0.25) is 0 Å². The average Bonchev–Trinajstić information content (AvgIpc) is 2.28. The maximum Gasteiger partial charge on any atom is 0.387 e. The SMILES string of the molecule is COc1ccc(NC(=O)CBr)cc1OC(F)F. The summed E-state index contributed by atoms with van der Waals surface area (Å²) in [5.41, 5.74) is 0.353. The highest BCUT2D eigenvalue weighted by atomic mass is 79.9. The molecule has 1 aromatic carbocycles. The van der Waals surface area contributed by atoms with Gasteiger partial charge in [-0.15, -0.1) is 0 Å². The lowest BCUT2D eigenvalue weighted by Crippen LogP contribution is -2.12. The van der Waals surface area contributed by atoms with E-state index in [1.807, 2.05) is 0 Å². The molecule has 0 saturated heterocycles. The van der Waals surface area contributed by atoms with Crippen LogP contribution in [0.1, 0.15) is 0 Å². The Morgan fingerprint density at radius 3 is 2.71 bits per heavy atom. The number of nitrogens with one attached hydrogen (secondary N) is 1. The van der Waals surface area contributed by atoms with Gasteiger partial charge in [-0.05, 0) is 12.1 Å². The molecular formula is C10H10BrF2NO3. The summed E-state index contributed by atoms with van der Waals surface area (Å²) >= 11 is 2.97. The summed E-state index contributed by atoms with van der Waals surface area (Å²) in [6.45, 7) is -2.95. The minimum atomic E-state index is -2.95. The molecule has 0 aliphatic rings. The molecule has 0 atom stereocenters. The lowest BCUT2D eigenvalue weighted by atomic mass is 10.2. The van der Waals surface area contributed by atoms with Gasteiger partial charge in [0.05, 0.1) is 12.4 Å². The zero-order valence-corrected chi connectivity index (χ0v) is 10.5. The number of carbonyl (C=O) groups excluding carboxylic acids is 1. The van der Waals surface area contributed by atoms with E-state index in [-0.39, 0.29) is 22.7 Å². The molecule has 0 aromatic heterocycles. The van der Waals surface area contributed by atoms with Crippen molar-refractivity contribution in [3.05, 3.63) is 18.2 Å². The Kier molecular flexibility index (Phi) is 5.14. The molecule has 1 rings (SSSR count). The Morgan fingerprint density at radius 2 is 2.18 bits per heavy atom. The Balaban J connectivity index is 2.91. The fourth-order valence-corrected chi connectivity index (χ4v) is 1.28. The largest absolute Gasteiger partial charge is 0.493 e. The van der Waals surface area contributed by atoms with Gasteiger partial charge in [0.25, 0.3) is 0 Å². The molecule has 0 spiro atoms. The highest BCUT2D eigenvalue weighted by Crippen LogP contribution is 2.31. The molecule has 0 heterocycles. The van der Waals surface area contributed by atoms with E-state index >= 15 is 0 Å². The van der Waals surface area contributed by atoms with Gasteiger partial charge in [-0.25, -0.2) is 0 Å². The van der Waals surface area contributed by atoms with Crippen LogP contribution >= 0.6 is 15.9 Å². The number of hydrogen-bond acceptors (Lipinski definition) is 3. The van der Waals surface area contributed by atoms with Crippen molar-refractivity contribution in [2.75, 3.05) is 17.8 Å². The quantitative estimate of drug-likeness (QED) is 0.851. The second-order valence-electron chi connectivity index (χ2n) is 2.93. The first kappa shape index (κ1) is 13.7. The van der Waals surface area contributed by atoms with Crippen molar-refractivity contribution in [3.8, 4) is 11.5 Å². The topological polar surface area (TPSA) is 47.6 Å². The van der Waals surface area contributed by atoms with Gasteiger partial charge >= 0.3 is 6.61 Å². The van der Waals surface area contributed by atoms with Crippen LogP contribution in [0.5, 0.6) is 11.5 Å². The van der Waals surface area contributed by atoms with Crippen molar-refractivity contribution in [3.63, 3.8) is 0 Å². The first-order valence-electron chi connectivity index (χ1n) is 4.55. The highest BCUT2D eigenvalue weighted by molar-refractivity contribution is 9.09. The number of alkyl halides is 3. The molecule has 0 aliphatic heterocycles. The molecule has 1 amide bonds. The van der Waals surface area contributed by atoms with Crippen LogP contribution < -0.4 is 14.8 Å². The van der Waals surface area contributed by atoms with Crippen LogP contribution in [-0.2, 0) is 4.79 Å².